The van der Waals surface area contributed by atoms with Crippen molar-refractivity contribution < 1.29 is 9.18 Å². The lowest BCUT2D eigenvalue weighted by molar-refractivity contribution is 0.0709. The molecule has 32 heavy (non-hydrogen) atoms. The first kappa shape index (κ1) is 20.8. The van der Waals surface area contributed by atoms with Gasteiger partial charge in [-0.05, 0) is 62.1 Å². The maximum atomic E-state index is 13.5. The third kappa shape index (κ3) is 3.80. The average molecular weight is 437 g/mol. The third-order valence-corrected chi connectivity index (χ3v) is 7.16. The van der Waals surface area contributed by atoms with E-state index < -0.39 is 0 Å². The number of hydrogen-bond donors (Lipinski definition) is 1. The number of imidazole rings is 1. The number of amides is 1. The van der Waals surface area contributed by atoms with Gasteiger partial charge in [0.2, 0.25) is 0 Å². The number of fused-ring (bicyclic) bond motifs is 1. The fourth-order valence-electron chi connectivity index (χ4n) is 5.34. The molecular formula is C25H29FN4O2. The molecule has 5 rings (SSSR count). The quantitative estimate of drug-likeness (QED) is 0.662. The van der Waals surface area contributed by atoms with E-state index in [2.05, 4.69) is 9.88 Å². The highest BCUT2D eigenvalue weighted by Crippen LogP contribution is 2.31. The SMILES string of the molecule is CN(C(=O)c1ccc2c(c1)[nH]c(=O)n2C1CCCC1)C1CCN(c2cccc(F)c2)CC1. The number of aromatic amines is 1. The van der Waals surface area contributed by atoms with E-state index in [1.165, 1.54) is 6.07 Å². The zero-order valence-corrected chi connectivity index (χ0v) is 18.4. The van der Waals surface area contributed by atoms with E-state index in [1.807, 2.05) is 40.8 Å². The molecule has 1 saturated carbocycles. The molecule has 3 aromatic rings. The number of aromatic nitrogens is 2. The van der Waals surface area contributed by atoms with Gasteiger partial charge in [-0.2, -0.15) is 0 Å². The number of piperidine rings is 1. The second kappa shape index (κ2) is 8.45. The van der Waals surface area contributed by atoms with E-state index in [1.54, 1.807) is 12.1 Å². The highest BCUT2D eigenvalue weighted by Gasteiger charge is 2.27. The highest BCUT2D eigenvalue weighted by molar-refractivity contribution is 5.97. The van der Waals surface area contributed by atoms with E-state index in [-0.39, 0.29) is 29.5 Å². The number of carbonyl (C=O) groups excluding carboxylic acids is 1. The number of rotatable bonds is 4. The van der Waals surface area contributed by atoms with Crippen LogP contribution in [0, 0.1) is 5.82 Å². The first-order valence-corrected chi connectivity index (χ1v) is 11.5. The van der Waals surface area contributed by atoms with Crippen LogP contribution in [0.1, 0.15) is 54.9 Å². The molecule has 6 nitrogen and oxygen atoms in total. The van der Waals surface area contributed by atoms with Crippen LogP contribution in [-0.2, 0) is 0 Å². The number of hydrogen-bond acceptors (Lipinski definition) is 3. The molecule has 0 unspecified atom stereocenters. The minimum Gasteiger partial charge on any atom is -0.371 e. The van der Waals surface area contributed by atoms with E-state index >= 15 is 0 Å². The number of carbonyl (C=O) groups is 1. The van der Waals surface area contributed by atoms with Gasteiger partial charge in [0.15, 0.2) is 0 Å². The van der Waals surface area contributed by atoms with Crippen molar-refractivity contribution in [3.8, 4) is 0 Å². The molecule has 0 radical (unpaired) electrons. The zero-order chi connectivity index (χ0) is 22.2. The van der Waals surface area contributed by atoms with Crippen molar-refractivity contribution in [3.63, 3.8) is 0 Å². The Balaban J connectivity index is 1.29. The standard InChI is InChI=1S/C25H29FN4O2/c1-28(19-11-13-29(14-12-19)21-8-4-5-18(26)16-21)24(31)17-9-10-23-22(15-17)27-25(32)30(23)20-6-2-3-7-20/h4-5,8-10,15-16,19-20H,2-3,6-7,11-14H2,1H3,(H,27,32). The van der Waals surface area contributed by atoms with Crippen molar-refractivity contribution in [3.05, 3.63) is 64.3 Å². The van der Waals surface area contributed by atoms with Gasteiger partial charge >= 0.3 is 5.69 Å². The summed E-state index contributed by atoms with van der Waals surface area (Å²) >= 11 is 0. The molecule has 7 heteroatoms. The minimum atomic E-state index is -0.230. The highest BCUT2D eigenvalue weighted by atomic mass is 19.1. The van der Waals surface area contributed by atoms with Gasteiger partial charge in [0.1, 0.15) is 5.82 Å². The summed E-state index contributed by atoms with van der Waals surface area (Å²) in [6.45, 7) is 1.56. The van der Waals surface area contributed by atoms with Gasteiger partial charge in [-0.15, -0.1) is 0 Å². The molecule has 2 aromatic carbocycles. The number of nitrogens with zero attached hydrogens (tertiary/aromatic N) is 3. The molecule has 0 atom stereocenters. The van der Waals surface area contributed by atoms with Crippen LogP contribution in [0.4, 0.5) is 10.1 Å². The van der Waals surface area contributed by atoms with Gasteiger partial charge in [-0.25, -0.2) is 9.18 Å². The summed E-state index contributed by atoms with van der Waals surface area (Å²) in [5.74, 6) is -0.266. The normalized spacial score (nSPS) is 17.9. The molecule has 1 N–H and O–H groups in total. The van der Waals surface area contributed by atoms with Crippen molar-refractivity contribution in [1.82, 2.24) is 14.5 Å². The molecule has 1 saturated heterocycles. The van der Waals surface area contributed by atoms with Crippen LogP contribution in [0.25, 0.3) is 11.0 Å². The van der Waals surface area contributed by atoms with E-state index in [9.17, 15) is 14.0 Å². The smallest absolute Gasteiger partial charge is 0.326 e. The second-order valence-corrected chi connectivity index (χ2v) is 9.08. The van der Waals surface area contributed by atoms with Crippen molar-refractivity contribution >= 4 is 22.6 Å². The lowest BCUT2D eigenvalue weighted by Gasteiger charge is -2.38. The summed E-state index contributed by atoms with van der Waals surface area (Å²) < 4.78 is 15.4. The Morgan fingerprint density at radius 3 is 2.53 bits per heavy atom. The van der Waals surface area contributed by atoms with Crippen LogP contribution < -0.4 is 10.6 Å². The van der Waals surface area contributed by atoms with Crippen molar-refractivity contribution in [1.29, 1.82) is 0 Å². The maximum absolute atomic E-state index is 13.5. The zero-order valence-electron chi connectivity index (χ0n) is 18.4. The van der Waals surface area contributed by atoms with Crippen molar-refractivity contribution in [2.75, 3.05) is 25.0 Å². The Morgan fingerprint density at radius 1 is 1.06 bits per heavy atom. The summed E-state index contributed by atoms with van der Waals surface area (Å²) in [6.07, 6.45) is 6.04. The molecule has 168 valence electrons. The Morgan fingerprint density at radius 2 is 1.81 bits per heavy atom. The molecule has 2 aliphatic rings. The molecule has 1 aliphatic heterocycles. The molecule has 0 bridgehead atoms. The Bertz CT molecular complexity index is 1190. The molecule has 0 spiro atoms. The predicted octanol–water partition coefficient (Wildman–Crippen LogP) is 4.32. The van der Waals surface area contributed by atoms with Gasteiger partial charge in [0.05, 0.1) is 11.0 Å². The van der Waals surface area contributed by atoms with Crippen LogP contribution in [0.15, 0.2) is 47.3 Å². The first-order chi connectivity index (χ1) is 15.5. The van der Waals surface area contributed by atoms with Gasteiger partial charge in [0, 0.05) is 43.5 Å². The largest absolute Gasteiger partial charge is 0.371 e. The van der Waals surface area contributed by atoms with Crippen LogP contribution in [0.5, 0.6) is 0 Å². The fourth-order valence-corrected chi connectivity index (χ4v) is 5.34. The van der Waals surface area contributed by atoms with Gasteiger partial charge < -0.3 is 14.8 Å². The molecule has 1 aliphatic carbocycles. The summed E-state index contributed by atoms with van der Waals surface area (Å²) in [7, 11) is 1.85. The first-order valence-electron chi connectivity index (χ1n) is 11.5. The van der Waals surface area contributed by atoms with E-state index in [0.717, 1.165) is 68.3 Å². The predicted molar refractivity (Wildman–Crippen MR) is 124 cm³/mol. The van der Waals surface area contributed by atoms with Crippen LogP contribution in [-0.4, -0.2) is 46.5 Å². The van der Waals surface area contributed by atoms with Gasteiger partial charge in [-0.1, -0.05) is 18.9 Å². The lowest BCUT2D eigenvalue weighted by atomic mass is 10.0. The van der Waals surface area contributed by atoms with Crippen molar-refractivity contribution in [2.24, 2.45) is 0 Å². The average Bonchev–Trinajstić information content (AvgIpc) is 3.44. The van der Waals surface area contributed by atoms with Crippen molar-refractivity contribution in [2.45, 2.75) is 50.6 Å². The topological polar surface area (TPSA) is 61.3 Å². The number of nitrogens with one attached hydrogen (secondary N) is 1. The monoisotopic (exact) mass is 436 g/mol. The molecular weight excluding hydrogens is 407 g/mol. The fraction of sp³-hybridized carbons (Fsp3) is 0.440. The number of anilines is 1. The molecule has 1 aromatic heterocycles. The minimum absolute atomic E-state index is 0.0365. The number of benzene rings is 2. The number of H-pyrrole nitrogens is 1. The Labute approximate surface area is 186 Å². The van der Waals surface area contributed by atoms with Crippen LogP contribution in [0.3, 0.4) is 0 Å². The second-order valence-electron chi connectivity index (χ2n) is 9.08. The molecule has 2 heterocycles. The summed E-state index contributed by atoms with van der Waals surface area (Å²) in [5, 5.41) is 0. The summed E-state index contributed by atoms with van der Waals surface area (Å²) in [4.78, 5) is 32.7. The van der Waals surface area contributed by atoms with Crippen LogP contribution >= 0.6 is 0 Å². The summed E-state index contributed by atoms with van der Waals surface area (Å²) in [5.41, 5.74) is 2.99. The third-order valence-electron chi connectivity index (χ3n) is 7.16. The molecule has 2 fully saturated rings. The van der Waals surface area contributed by atoms with Gasteiger partial charge in [-0.3, -0.25) is 9.36 Å². The summed E-state index contributed by atoms with van der Waals surface area (Å²) in [6, 6.07) is 12.6. The Kier molecular flexibility index (Phi) is 5.49. The lowest BCUT2D eigenvalue weighted by Crippen LogP contribution is -2.45. The number of halogens is 1. The molecule has 1 amide bonds. The van der Waals surface area contributed by atoms with Crippen LogP contribution in [0.2, 0.25) is 0 Å². The maximum Gasteiger partial charge on any atom is 0.326 e. The Hall–Kier alpha value is -3.09. The van der Waals surface area contributed by atoms with Gasteiger partial charge in [0.25, 0.3) is 5.91 Å². The van der Waals surface area contributed by atoms with E-state index in [0.29, 0.717) is 5.56 Å². The van der Waals surface area contributed by atoms with E-state index in [4.69, 9.17) is 0 Å².